The molecule has 28 heavy (non-hydrogen) atoms. The molecule has 0 bridgehead atoms. The summed E-state index contributed by atoms with van der Waals surface area (Å²) in [6, 6.07) is 13.6. The molecule has 144 valence electrons. The van der Waals surface area contributed by atoms with Crippen LogP contribution in [0, 0.1) is 0 Å². The summed E-state index contributed by atoms with van der Waals surface area (Å²) in [6.45, 7) is 0.846. The van der Waals surface area contributed by atoms with Gasteiger partial charge in [0.15, 0.2) is 18.3 Å². The first-order valence-corrected chi connectivity index (χ1v) is 9.20. The van der Waals surface area contributed by atoms with E-state index in [0.717, 1.165) is 21.4 Å². The molecule has 3 aliphatic heterocycles. The number of carbonyl (C=O) groups excluding carboxylic acids is 2. The monoisotopic (exact) mass is 380 g/mol. The third-order valence-electron chi connectivity index (χ3n) is 5.50. The number of urea groups is 1. The number of amidine groups is 1. The lowest BCUT2D eigenvalue weighted by molar-refractivity contribution is -0.136. The van der Waals surface area contributed by atoms with Gasteiger partial charge in [-0.3, -0.25) is 9.69 Å². The Balaban J connectivity index is 1.28. The van der Waals surface area contributed by atoms with Crippen molar-refractivity contribution in [2.45, 2.75) is 18.3 Å². The molecule has 3 aliphatic rings. The van der Waals surface area contributed by atoms with Gasteiger partial charge in [-0.15, -0.1) is 0 Å². The number of imide groups is 1. The molecular weight excluding hydrogens is 360 g/mol. The van der Waals surface area contributed by atoms with Crippen molar-refractivity contribution in [3.8, 4) is 5.75 Å². The molecule has 2 aromatic carbocycles. The highest BCUT2D eigenvalue weighted by molar-refractivity contribution is 6.03. The van der Waals surface area contributed by atoms with Crippen molar-refractivity contribution in [3.05, 3.63) is 42.5 Å². The smallest absolute Gasteiger partial charge is 0.328 e. The molecule has 0 N–H and O–H groups in total. The SMILES string of the molecule is CN1C(=O)C2C(N=C3OC(COc4ccc5ccccc5c4)CN32)N(C)C1=O. The van der Waals surface area contributed by atoms with Gasteiger partial charge >= 0.3 is 6.03 Å². The Labute approximate surface area is 161 Å². The van der Waals surface area contributed by atoms with Gasteiger partial charge in [-0.2, -0.15) is 0 Å². The van der Waals surface area contributed by atoms with Gasteiger partial charge in [0.1, 0.15) is 12.4 Å². The van der Waals surface area contributed by atoms with Crippen molar-refractivity contribution >= 4 is 28.7 Å². The zero-order valence-electron chi connectivity index (χ0n) is 15.6. The second kappa shape index (κ2) is 6.12. The minimum absolute atomic E-state index is 0.229. The van der Waals surface area contributed by atoms with Crippen LogP contribution < -0.4 is 4.74 Å². The van der Waals surface area contributed by atoms with Crippen LogP contribution >= 0.6 is 0 Å². The van der Waals surface area contributed by atoms with E-state index in [1.54, 1.807) is 7.05 Å². The third kappa shape index (κ3) is 2.48. The van der Waals surface area contributed by atoms with Gasteiger partial charge in [0.2, 0.25) is 0 Å². The van der Waals surface area contributed by atoms with E-state index in [2.05, 4.69) is 11.1 Å². The number of likely N-dealkylation sites (N-methyl/N-ethyl adjacent to an activating group) is 2. The Morgan fingerprint density at radius 1 is 1.14 bits per heavy atom. The Bertz CT molecular complexity index is 1010. The summed E-state index contributed by atoms with van der Waals surface area (Å²) in [4.78, 5) is 33.6. The fourth-order valence-electron chi connectivity index (χ4n) is 3.97. The summed E-state index contributed by atoms with van der Waals surface area (Å²) >= 11 is 0. The molecule has 0 aromatic heterocycles. The third-order valence-corrected chi connectivity index (χ3v) is 5.50. The van der Waals surface area contributed by atoms with E-state index in [4.69, 9.17) is 9.47 Å². The predicted molar refractivity (Wildman–Crippen MR) is 102 cm³/mol. The van der Waals surface area contributed by atoms with Crippen LogP contribution in [0.25, 0.3) is 10.8 Å². The van der Waals surface area contributed by atoms with E-state index in [0.29, 0.717) is 19.2 Å². The van der Waals surface area contributed by atoms with Crippen molar-refractivity contribution < 1.29 is 19.1 Å². The number of benzene rings is 2. The van der Waals surface area contributed by atoms with E-state index >= 15 is 0 Å². The lowest BCUT2D eigenvalue weighted by Gasteiger charge is -2.38. The van der Waals surface area contributed by atoms with E-state index in [-0.39, 0.29) is 18.0 Å². The van der Waals surface area contributed by atoms with Gasteiger partial charge in [0.25, 0.3) is 11.9 Å². The highest BCUT2D eigenvalue weighted by Crippen LogP contribution is 2.31. The highest BCUT2D eigenvalue weighted by atomic mass is 16.6. The number of rotatable bonds is 3. The maximum Gasteiger partial charge on any atom is 0.328 e. The molecule has 0 spiro atoms. The molecular formula is C20H20N4O4. The number of amides is 3. The van der Waals surface area contributed by atoms with Crippen LogP contribution in [0.2, 0.25) is 0 Å². The van der Waals surface area contributed by atoms with Crippen molar-refractivity contribution in [2.75, 3.05) is 27.2 Å². The van der Waals surface area contributed by atoms with Gasteiger partial charge in [0, 0.05) is 14.1 Å². The second-order valence-corrected chi connectivity index (χ2v) is 7.27. The predicted octanol–water partition coefficient (Wildman–Crippen LogP) is 1.51. The lowest BCUT2D eigenvalue weighted by atomic mass is 10.1. The number of nitrogens with zero attached hydrogens (tertiary/aromatic N) is 4. The van der Waals surface area contributed by atoms with Gasteiger partial charge in [-0.05, 0) is 22.9 Å². The highest BCUT2D eigenvalue weighted by Gasteiger charge is 2.54. The molecule has 0 aliphatic carbocycles. The maximum absolute atomic E-state index is 12.6. The van der Waals surface area contributed by atoms with Crippen molar-refractivity contribution in [1.82, 2.24) is 14.7 Å². The van der Waals surface area contributed by atoms with Gasteiger partial charge in [-0.25, -0.2) is 9.79 Å². The molecule has 3 atom stereocenters. The minimum Gasteiger partial charge on any atom is -0.490 e. The summed E-state index contributed by atoms with van der Waals surface area (Å²) in [5, 5.41) is 2.27. The van der Waals surface area contributed by atoms with Crippen molar-refractivity contribution in [2.24, 2.45) is 4.99 Å². The zero-order valence-corrected chi connectivity index (χ0v) is 15.6. The summed E-state index contributed by atoms with van der Waals surface area (Å²) in [5.41, 5.74) is 0. The number of ether oxygens (including phenoxy) is 2. The van der Waals surface area contributed by atoms with Crippen LogP contribution in [0.1, 0.15) is 0 Å². The molecule has 0 saturated carbocycles. The van der Waals surface area contributed by atoms with Crippen LogP contribution in [-0.2, 0) is 9.53 Å². The summed E-state index contributed by atoms with van der Waals surface area (Å²) in [6.07, 6.45) is -0.763. The fraction of sp³-hybridized carbons (Fsp3) is 0.350. The van der Waals surface area contributed by atoms with Crippen LogP contribution in [0.3, 0.4) is 0 Å². The summed E-state index contributed by atoms with van der Waals surface area (Å²) in [7, 11) is 3.14. The number of carbonyl (C=O) groups is 2. The fourth-order valence-corrected chi connectivity index (χ4v) is 3.97. The largest absolute Gasteiger partial charge is 0.490 e. The van der Waals surface area contributed by atoms with Crippen molar-refractivity contribution in [3.63, 3.8) is 0 Å². The second-order valence-electron chi connectivity index (χ2n) is 7.27. The van der Waals surface area contributed by atoms with Crippen LogP contribution in [0.5, 0.6) is 5.75 Å². The van der Waals surface area contributed by atoms with E-state index in [1.807, 2.05) is 41.3 Å². The van der Waals surface area contributed by atoms with Crippen molar-refractivity contribution in [1.29, 1.82) is 0 Å². The first kappa shape index (κ1) is 16.9. The maximum atomic E-state index is 12.6. The molecule has 2 fully saturated rings. The van der Waals surface area contributed by atoms with Gasteiger partial charge in [-0.1, -0.05) is 30.3 Å². The number of fused-ring (bicyclic) bond motifs is 4. The molecule has 0 radical (unpaired) electrons. The molecule has 2 saturated heterocycles. The summed E-state index contributed by atoms with van der Waals surface area (Å²) < 4.78 is 11.8. The van der Waals surface area contributed by atoms with Crippen LogP contribution in [0.4, 0.5) is 4.79 Å². The first-order valence-electron chi connectivity index (χ1n) is 9.20. The molecule has 2 aromatic rings. The number of hydrogen-bond donors (Lipinski definition) is 0. The molecule has 3 unspecified atom stereocenters. The Kier molecular flexibility index (Phi) is 3.68. The Hall–Kier alpha value is -3.29. The van der Waals surface area contributed by atoms with E-state index < -0.39 is 12.2 Å². The molecule has 8 heteroatoms. The minimum atomic E-state index is -0.534. The van der Waals surface area contributed by atoms with E-state index in [9.17, 15) is 9.59 Å². The Morgan fingerprint density at radius 2 is 1.93 bits per heavy atom. The zero-order chi connectivity index (χ0) is 19.4. The molecule has 3 amide bonds. The van der Waals surface area contributed by atoms with Gasteiger partial charge in [0.05, 0.1) is 6.54 Å². The summed E-state index contributed by atoms with van der Waals surface area (Å²) in [5.74, 6) is 0.513. The van der Waals surface area contributed by atoms with Crippen LogP contribution in [-0.4, -0.2) is 78.2 Å². The number of hydrogen-bond acceptors (Lipinski definition) is 6. The standard InChI is InChI=1S/C20H20N4O4/c1-22-17-16(18(25)23(2)20(22)26)24-10-15(28-19(24)21-17)11-27-14-8-7-12-5-3-4-6-13(12)9-14/h3-9,15-17H,10-11H2,1-2H3. The molecule has 5 rings (SSSR count). The average molecular weight is 380 g/mol. The van der Waals surface area contributed by atoms with Crippen LogP contribution in [0.15, 0.2) is 47.5 Å². The topological polar surface area (TPSA) is 74.7 Å². The molecule has 3 heterocycles. The average Bonchev–Trinajstić information content (AvgIpc) is 3.26. The quantitative estimate of drug-likeness (QED) is 0.807. The molecule has 8 nitrogen and oxygen atoms in total. The lowest BCUT2D eigenvalue weighted by Crippen LogP contribution is -2.63. The van der Waals surface area contributed by atoms with Gasteiger partial charge < -0.3 is 19.3 Å². The normalized spacial score (nSPS) is 26.3. The Morgan fingerprint density at radius 3 is 2.75 bits per heavy atom. The number of aliphatic imine (C=N–C) groups is 1. The first-order chi connectivity index (χ1) is 13.5. The van der Waals surface area contributed by atoms with E-state index in [1.165, 1.54) is 11.9 Å².